The van der Waals surface area contributed by atoms with Crippen molar-refractivity contribution in [3.8, 4) is 0 Å². The predicted octanol–water partition coefficient (Wildman–Crippen LogP) is 1.26. The summed E-state index contributed by atoms with van der Waals surface area (Å²) >= 11 is 0. The van der Waals surface area contributed by atoms with E-state index < -0.39 is 36.1 Å². The fourth-order valence-electron chi connectivity index (χ4n) is 2.38. The van der Waals surface area contributed by atoms with Gasteiger partial charge in [0.25, 0.3) is 0 Å². The summed E-state index contributed by atoms with van der Waals surface area (Å²) in [5.74, 6) is -1.10. The van der Waals surface area contributed by atoms with Crippen molar-refractivity contribution in [3.63, 3.8) is 0 Å². The molecule has 27 heavy (non-hydrogen) atoms. The molecule has 0 saturated carbocycles. The van der Waals surface area contributed by atoms with Crippen molar-refractivity contribution < 1.29 is 29.4 Å². The molecule has 2 atom stereocenters. The number of amides is 4. The van der Waals surface area contributed by atoms with Crippen LogP contribution >= 0.6 is 0 Å². The van der Waals surface area contributed by atoms with E-state index in [1.54, 1.807) is 13.8 Å². The van der Waals surface area contributed by atoms with Crippen molar-refractivity contribution >= 4 is 24.0 Å². The molecule has 0 heterocycles. The zero-order chi connectivity index (χ0) is 20.7. The number of carbonyl (C=O) groups is 4. The number of carboxylic acid groups (broad SMARTS) is 2. The van der Waals surface area contributed by atoms with Crippen LogP contribution in [-0.2, 0) is 9.59 Å². The number of unbranched alkanes of at least 4 members (excludes halogenated alkanes) is 6. The third-order valence-corrected chi connectivity index (χ3v) is 4.00. The minimum Gasteiger partial charge on any atom is -0.465 e. The summed E-state index contributed by atoms with van der Waals surface area (Å²) in [5.41, 5.74) is 0. The van der Waals surface area contributed by atoms with Gasteiger partial charge in [-0.1, -0.05) is 32.1 Å². The summed E-state index contributed by atoms with van der Waals surface area (Å²) in [6.07, 6.45) is 4.48. The van der Waals surface area contributed by atoms with Crippen molar-refractivity contribution in [1.82, 2.24) is 21.3 Å². The van der Waals surface area contributed by atoms with Gasteiger partial charge in [0.05, 0.1) is 12.1 Å². The molecule has 0 aliphatic heterocycles. The summed E-state index contributed by atoms with van der Waals surface area (Å²) in [4.78, 5) is 43.4. The van der Waals surface area contributed by atoms with Crippen LogP contribution in [0.3, 0.4) is 0 Å². The lowest BCUT2D eigenvalue weighted by Gasteiger charge is -2.12. The van der Waals surface area contributed by atoms with Gasteiger partial charge >= 0.3 is 12.2 Å². The molecule has 0 radical (unpaired) electrons. The van der Waals surface area contributed by atoms with Gasteiger partial charge in [0, 0.05) is 0 Å². The normalized spacial score (nSPS) is 12.8. The van der Waals surface area contributed by atoms with Crippen molar-refractivity contribution in [2.45, 2.75) is 70.9 Å². The van der Waals surface area contributed by atoms with Crippen molar-refractivity contribution in [2.75, 3.05) is 13.1 Å². The molecule has 0 saturated heterocycles. The maximum absolute atomic E-state index is 11.4. The number of hydrogen-bond acceptors (Lipinski definition) is 6. The second-order valence-electron chi connectivity index (χ2n) is 6.42. The van der Waals surface area contributed by atoms with Crippen LogP contribution in [0.1, 0.15) is 58.8 Å². The van der Waals surface area contributed by atoms with Crippen LogP contribution in [0.5, 0.6) is 0 Å². The lowest BCUT2D eigenvalue weighted by Crippen LogP contribution is -2.44. The lowest BCUT2D eigenvalue weighted by molar-refractivity contribution is -0.122. The summed E-state index contributed by atoms with van der Waals surface area (Å²) in [6.45, 7) is 4.57. The molecule has 0 aliphatic carbocycles. The molecule has 0 aliphatic rings. The zero-order valence-electron chi connectivity index (χ0n) is 16.0. The van der Waals surface area contributed by atoms with Gasteiger partial charge in [-0.25, -0.2) is 9.59 Å². The molecule has 0 spiro atoms. The SMILES string of the molecule is CC(NCCCCCCCCCNC(C)C(=O)NC(=O)O)C(=O)NC(=O)O. The Kier molecular flexibility index (Phi) is 13.7. The van der Waals surface area contributed by atoms with E-state index in [2.05, 4.69) is 10.6 Å². The van der Waals surface area contributed by atoms with E-state index >= 15 is 0 Å². The number of carbonyl (C=O) groups excluding carboxylic acids is 2. The molecule has 0 aromatic rings. The molecule has 0 aromatic carbocycles. The van der Waals surface area contributed by atoms with Gasteiger partial charge in [0.1, 0.15) is 0 Å². The first kappa shape index (κ1) is 24.8. The smallest absolute Gasteiger partial charge is 0.411 e. The van der Waals surface area contributed by atoms with Crippen LogP contribution in [0.25, 0.3) is 0 Å². The first-order valence-corrected chi connectivity index (χ1v) is 9.28. The number of nitrogens with one attached hydrogen (secondary N) is 4. The average molecular weight is 388 g/mol. The topological polar surface area (TPSA) is 157 Å². The molecule has 2 unspecified atom stereocenters. The quantitative estimate of drug-likeness (QED) is 0.243. The molecule has 6 N–H and O–H groups in total. The number of hydrogen-bond donors (Lipinski definition) is 6. The second kappa shape index (κ2) is 14.9. The molecule has 10 nitrogen and oxygen atoms in total. The molecule has 0 rings (SSSR count). The summed E-state index contributed by atoms with van der Waals surface area (Å²) in [6, 6.07) is -1.07. The minimum atomic E-state index is -1.35. The van der Waals surface area contributed by atoms with E-state index in [1.807, 2.05) is 10.6 Å². The predicted molar refractivity (Wildman–Crippen MR) is 99.6 cm³/mol. The molecular weight excluding hydrogens is 356 g/mol. The highest BCUT2D eigenvalue weighted by Gasteiger charge is 2.14. The number of rotatable bonds is 14. The Morgan fingerprint density at radius 1 is 0.630 bits per heavy atom. The Labute approximate surface area is 159 Å². The van der Waals surface area contributed by atoms with Crippen molar-refractivity contribution in [3.05, 3.63) is 0 Å². The van der Waals surface area contributed by atoms with Crippen LogP contribution in [0.15, 0.2) is 0 Å². The summed E-state index contributed by atoms with van der Waals surface area (Å²) in [5, 5.41) is 26.5. The van der Waals surface area contributed by atoms with Crippen LogP contribution in [-0.4, -0.2) is 59.4 Å². The Morgan fingerprint density at radius 3 is 1.22 bits per heavy atom. The van der Waals surface area contributed by atoms with Crippen LogP contribution < -0.4 is 21.3 Å². The van der Waals surface area contributed by atoms with E-state index in [9.17, 15) is 19.2 Å². The van der Waals surface area contributed by atoms with Gasteiger partial charge in [-0.3, -0.25) is 20.2 Å². The Bertz CT molecular complexity index is 444. The second-order valence-corrected chi connectivity index (χ2v) is 6.42. The highest BCUT2D eigenvalue weighted by Crippen LogP contribution is 2.06. The van der Waals surface area contributed by atoms with Crippen LogP contribution in [0.4, 0.5) is 9.59 Å². The fourth-order valence-corrected chi connectivity index (χ4v) is 2.38. The van der Waals surface area contributed by atoms with Crippen LogP contribution in [0, 0.1) is 0 Å². The fraction of sp³-hybridized carbons (Fsp3) is 0.765. The summed E-state index contributed by atoms with van der Waals surface area (Å²) < 4.78 is 0. The average Bonchev–Trinajstić information content (AvgIpc) is 2.57. The minimum absolute atomic E-state index is 0.534. The maximum atomic E-state index is 11.4. The molecule has 0 aromatic heterocycles. The van der Waals surface area contributed by atoms with Gasteiger partial charge < -0.3 is 20.8 Å². The van der Waals surface area contributed by atoms with Gasteiger partial charge in [0.2, 0.25) is 11.8 Å². The first-order chi connectivity index (χ1) is 12.7. The molecule has 4 amide bonds. The van der Waals surface area contributed by atoms with Gasteiger partial charge in [0.15, 0.2) is 0 Å². The van der Waals surface area contributed by atoms with Crippen LogP contribution in [0.2, 0.25) is 0 Å². The first-order valence-electron chi connectivity index (χ1n) is 9.28. The van der Waals surface area contributed by atoms with E-state index in [0.29, 0.717) is 13.1 Å². The highest BCUT2D eigenvalue weighted by atomic mass is 16.4. The van der Waals surface area contributed by atoms with Crippen molar-refractivity contribution in [2.24, 2.45) is 0 Å². The van der Waals surface area contributed by atoms with Gasteiger partial charge in [-0.15, -0.1) is 0 Å². The lowest BCUT2D eigenvalue weighted by atomic mass is 10.1. The zero-order valence-corrected chi connectivity index (χ0v) is 16.0. The van der Waals surface area contributed by atoms with E-state index in [1.165, 1.54) is 0 Å². The Balaban J connectivity index is 3.45. The van der Waals surface area contributed by atoms with E-state index in [-0.39, 0.29) is 0 Å². The van der Waals surface area contributed by atoms with Gasteiger partial charge in [-0.05, 0) is 39.8 Å². The third-order valence-electron chi connectivity index (χ3n) is 4.00. The molecule has 156 valence electrons. The molecule has 0 fully saturated rings. The third kappa shape index (κ3) is 14.6. The Morgan fingerprint density at radius 2 is 0.926 bits per heavy atom. The number of imide groups is 2. The Hall–Kier alpha value is -2.20. The van der Waals surface area contributed by atoms with Crippen molar-refractivity contribution in [1.29, 1.82) is 0 Å². The van der Waals surface area contributed by atoms with Gasteiger partial charge in [-0.2, -0.15) is 0 Å². The van der Waals surface area contributed by atoms with E-state index in [0.717, 1.165) is 44.9 Å². The molecular formula is C17H32N4O6. The van der Waals surface area contributed by atoms with E-state index in [4.69, 9.17) is 10.2 Å². The highest BCUT2D eigenvalue weighted by molar-refractivity contribution is 5.94. The monoisotopic (exact) mass is 388 g/mol. The molecule has 0 bridgehead atoms. The molecule has 10 heteroatoms. The summed E-state index contributed by atoms with van der Waals surface area (Å²) in [7, 11) is 0. The maximum Gasteiger partial charge on any atom is 0.411 e. The standard InChI is InChI=1S/C17H32N4O6/c1-12(14(22)20-16(24)25)18-10-8-6-4-3-5-7-9-11-19-13(2)15(23)21-17(26)27/h12-13,18-19H,3-11H2,1-2H3,(H,20,22)(H,21,23)(H,24,25)(H,26,27). The largest absolute Gasteiger partial charge is 0.465 e.